The van der Waals surface area contributed by atoms with E-state index in [2.05, 4.69) is 85.2 Å². The van der Waals surface area contributed by atoms with Gasteiger partial charge in [-0.3, -0.25) is 4.79 Å². The summed E-state index contributed by atoms with van der Waals surface area (Å²) in [6.45, 7) is 1.43. The minimum atomic E-state index is -1.98. The van der Waals surface area contributed by atoms with Gasteiger partial charge in [0.05, 0.1) is 38.6 Å². The molecule has 0 aromatic carbocycles. The van der Waals surface area contributed by atoms with E-state index in [9.17, 15) is 61.0 Å². The Bertz CT molecular complexity index is 1930. The van der Waals surface area contributed by atoms with Gasteiger partial charge in [0.15, 0.2) is 18.9 Å². The molecule has 0 radical (unpaired) electrons. The van der Waals surface area contributed by atoms with Gasteiger partial charge in [-0.15, -0.1) is 0 Å². The molecule has 3 aliphatic heterocycles. The third kappa shape index (κ3) is 32.5. The molecule has 88 heavy (non-hydrogen) atoms. The van der Waals surface area contributed by atoms with Crippen LogP contribution < -0.4 is 5.32 Å². The van der Waals surface area contributed by atoms with Crippen molar-refractivity contribution in [2.75, 3.05) is 26.4 Å². The van der Waals surface area contributed by atoms with E-state index >= 15 is 0 Å². The Balaban J connectivity index is 1.22. The second-order valence-electron chi connectivity index (χ2n) is 23.9. The van der Waals surface area contributed by atoms with Crippen LogP contribution in [-0.2, 0) is 33.2 Å². The van der Waals surface area contributed by atoms with Crippen molar-refractivity contribution in [3.05, 3.63) is 85.1 Å². The largest absolute Gasteiger partial charge is 0.394 e. The van der Waals surface area contributed by atoms with E-state index < -0.39 is 124 Å². The number of nitrogens with one attached hydrogen (secondary N) is 1. The second-order valence-corrected chi connectivity index (χ2v) is 23.9. The number of unbranched alkanes of at least 4 members (excludes halogenated alkanes) is 22. The van der Waals surface area contributed by atoms with E-state index in [0.717, 1.165) is 70.6 Å². The summed E-state index contributed by atoms with van der Waals surface area (Å²) in [6, 6.07) is -0.970. The summed E-state index contributed by atoms with van der Waals surface area (Å²) in [6.07, 6.45) is 38.5. The Morgan fingerprint density at radius 3 is 1.22 bits per heavy atom. The van der Waals surface area contributed by atoms with Crippen molar-refractivity contribution in [1.82, 2.24) is 5.32 Å². The summed E-state index contributed by atoms with van der Waals surface area (Å²) in [5, 5.41) is 119. The van der Waals surface area contributed by atoms with E-state index in [0.29, 0.717) is 12.8 Å². The van der Waals surface area contributed by atoms with Crippen LogP contribution in [0, 0.1) is 0 Å². The topological polar surface area (TPSA) is 307 Å². The van der Waals surface area contributed by atoms with Crippen molar-refractivity contribution < 1.29 is 89.4 Å². The Labute approximate surface area is 527 Å². The Morgan fingerprint density at radius 2 is 0.784 bits per heavy atom. The van der Waals surface area contributed by atoms with Crippen molar-refractivity contribution in [3.63, 3.8) is 0 Å². The molecule has 19 nitrogen and oxygen atoms in total. The average molecular weight is 1250 g/mol. The zero-order chi connectivity index (χ0) is 64.0. The molecule has 0 bridgehead atoms. The van der Waals surface area contributed by atoms with Gasteiger partial charge in [-0.2, -0.15) is 0 Å². The molecule has 17 atom stereocenters. The van der Waals surface area contributed by atoms with E-state index in [1.54, 1.807) is 6.08 Å². The Morgan fingerprint density at radius 1 is 0.420 bits per heavy atom. The summed E-state index contributed by atoms with van der Waals surface area (Å²) in [5.41, 5.74) is 0. The second kappa shape index (κ2) is 50.5. The summed E-state index contributed by atoms with van der Waals surface area (Å²) < 4.78 is 34.0. The SMILES string of the molecule is CC/C=C\C/C=C\C/C=C\C/C=C\C/C=C\C/C=C\CCCCCCCCCCCCCCCCCCCCCCC(=O)NC(COC1OC(CO)C(OC2OC(CO)C(OC3OC(CO)C(O)C(O)C3O)C(O)C2O)C(O)C1O)C(O)/C=C/CCCC. The first-order valence-corrected chi connectivity index (χ1v) is 33.8. The molecule has 508 valence electrons. The number of hydrogen-bond acceptors (Lipinski definition) is 18. The first-order valence-electron chi connectivity index (χ1n) is 33.8. The summed E-state index contributed by atoms with van der Waals surface area (Å²) in [7, 11) is 0. The van der Waals surface area contributed by atoms with Crippen molar-refractivity contribution in [2.45, 2.75) is 317 Å². The highest BCUT2D eigenvalue weighted by molar-refractivity contribution is 5.76. The monoisotopic (exact) mass is 1250 g/mol. The van der Waals surface area contributed by atoms with Crippen LogP contribution in [-0.4, -0.2) is 193 Å². The molecule has 3 saturated heterocycles. The molecule has 3 fully saturated rings. The maximum atomic E-state index is 13.2. The lowest BCUT2D eigenvalue weighted by molar-refractivity contribution is -0.379. The van der Waals surface area contributed by atoms with Gasteiger partial charge in [0.1, 0.15) is 73.2 Å². The lowest BCUT2D eigenvalue weighted by Gasteiger charge is -2.48. The summed E-state index contributed by atoms with van der Waals surface area (Å²) in [5.74, 6) is -0.286. The standard InChI is InChI=1S/C69H119NO18/c1-3-5-7-9-10-11-12-13-14-15-16-17-18-19-20-21-22-23-24-25-26-27-28-29-30-31-32-33-34-35-36-37-38-39-40-41-42-43-45-47-57(75)70-52(53(74)46-44-8-6-4-2)51-83-67-63(81)60(78)65(55(49-72)85-67)88-69-64(82)61(79)66(56(50-73)86-69)87-68-62(80)59(77)58(76)54(48-71)84-68/h5,7,10-11,13-14,16-17,19-20,22-23,44,46,52-56,58-69,71-74,76-82H,3-4,6,8-9,12,15,18,21,24-43,45,47-51H2,1-2H3,(H,70,75)/b7-5-,11-10-,14-13-,17-16-,20-19-,23-22-,46-44+. The van der Waals surface area contributed by atoms with Gasteiger partial charge in [0.2, 0.25) is 5.91 Å². The van der Waals surface area contributed by atoms with Gasteiger partial charge in [0.25, 0.3) is 0 Å². The zero-order valence-corrected chi connectivity index (χ0v) is 53.4. The van der Waals surface area contributed by atoms with Gasteiger partial charge in [-0.1, -0.05) is 227 Å². The number of hydrogen-bond donors (Lipinski definition) is 12. The predicted molar refractivity (Wildman–Crippen MR) is 341 cm³/mol. The maximum absolute atomic E-state index is 13.2. The highest BCUT2D eigenvalue weighted by Crippen LogP contribution is 2.33. The molecule has 0 saturated carbocycles. The van der Waals surface area contributed by atoms with Crippen molar-refractivity contribution in [1.29, 1.82) is 0 Å². The van der Waals surface area contributed by atoms with Gasteiger partial charge in [-0.25, -0.2) is 0 Å². The van der Waals surface area contributed by atoms with Crippen LogP contribution in [0.4, 0.5) is 0 Å². The van der Waals surface area contributed by atoms with E-state index in [1.807, 2.05) is 13.0 Å². The van der Waals surface area contributed by atoms with Gasteiger partial charge in [0, 0.05) is 6.42 Å². The third-order valence-corrected chi connectivity index (χ3v) is 16.4. The van der Waals surface area contributed by atoms with Crippen LogP contribution in [0.2, 0.25) is 0 Å². The van der Waals surface area contributed by atoms with Gasteiger partial charge >= 0.3 is 0 Å². The molecular weight excluding hydrogens is 1130 g/mol. The fraction of sp³-hybridized carbons (Fsp3) is 0.783. The third-order valence-electron chi connectivity index (χ3n) is 16.4. The quantitative estimate of drug-likeness (QED) is 0.0201. The van der Waals surface area contributed by atoms with Crippen LogP contribution in [0.5, 0.6) is 0 Å². The van der Waals surface area contributed by atoms with Crippen molar-refractivity contribution >= 4 is 5.91 Å². The molecule has 17 unspecified atom stereocenters. The number of aliphatic hydroxyl groups excluding tert-OH is 11. The fourth-order valence-corrected chi connectivity index (χ4v) is 10.9. The minimum Gasteiger partial charge on any atom is -0.394 e. The number of carbonyl (C=O) groups is 1. The summed E-state index contributed by atoms with van der Waals surface area (Å²) >= 11 is 0. The molecular formula is C69H119NO18. The number of ether oxygens (including phenoxy) is 6. The van der Waals surface area contributed by atoms with E-state index in [4.69, 9.17) is 28.4 Å². The average Bonchev–Trinajstić information content (AvgIpc) is 1.13. The molecule has 1 amide bonds. The number of aliphatic hydroxyl groups is 11. The number of carbonyl (C=O) groups excluding carboxylic acids is 1. The maximum Gasteiger partial charge on any atom is 0.220 e. The van der Waals surface area contributed by atoms with Gasteiger partial charge < -0.3 is 89.9 Å². The Kier molecular flexibility index (Phi) is 45.5. The van der Waals surface area contributed by atoms with Crippen LogP contribution in [0.3, 0.4) is 0 Å². The van der Waals surface area contributed by atoms with Crippen LogP contribution in [0.25, 0.3) is 0 Å². The fourth-order valence-electron chi connectivity index (χ4n) is 10.9. The predicted octanol–water partition coefficient (Wildman–Crippen LogP) is 8.32. The highest BCUT2D eigenvalue weighted by Gasteiger charge is 2.53. The van der Waals surface area contributed by atoms with Crippen LogP contribution >= 0.6 is 0 Å². The molecule has 0 aromatic heterocycles. The smallest absolute Gasteiger partial charge is 0.220 e. The zero-order valence-electron chi connectivity index (χ0n) is 53.4. The lowest BCUT2D eigenvalue weighted by atomic mass is 9.96. The molecule has 19 heteroatoms. The van der Waals surface area contributed by atoms with Crippen molar-refractivity contribution in [2.24, 2.45) is 0 Å². The first kappa shape index (κ1) is 79.2. The molecule has 3 aliphatic rings. The summed E-state index contributed by atoms with van der Waals surface area (Å²) in [4.78, 5) is 13.2. The molecule has 0 spiro atoms. The van der Waals surface area contributed by atoms with E-state index in [1.165, 1.54) is 109 Å². The van der Waals surface area contributed by atoms with E-state index in [-0.39, 0.29) is 18.9 Å². The lowest BCUT2D eigenvalue weighted by Crippen LogP contribution is -2.66. The molecule has 3 heterocycles. The Hall–Kier alpha value is -3.03. The van der Waals surface area contributed by atoms with Crippen molar-refractivity contribution in [3.8, 4) is 0 Å². The van der Waals surface area contributed by atoms with Crippen LogP contribution in [0.15, 0.2) is 85.1 Å². The highest BCUT2D eigenvalue weighted by atomic mass is 16.8. The first-order chi connectivity index (χ1) is 42.8. The number of rotatable bonds is 50. The number of amides is 1. The van der Waals surface area contributed by atoms with Gasteiger partial charge in [-0.05, 0) is 64.2 Å². The normalized spacial score (nSPS) is 28.9. The molecule has 12 N–H and O–H groups in total. The molecule has 3 rings (SSSR count). The molecule has 0 aliphatic carbocycles. The van der Waals surface area contributed by atoms with Crippen LogP contribution in [0.1, 0.15) is 213 Å². The minimum absolute atomic E-state index is 0.240. The molecule has 0 aromatic rings. The number of allylic oxidation sites excluding steroid dienone is 13.